The summed E-state index contributed by atoms with van der Waals surface area (Å²) in [5.74, 6) is 1.000. The Hall–Kier alpha value is -1.88. The van der Waals surface area contributed by atoms with E-state index >= 15 is 0 Å². The molecule has 3 rings (SSSR count). The van der Waals surface area contributed by atoms with Crippen LogP contribution in [0.15, 0.2) is 24.3 Å². The minimum absolute atomic E-state index is 0.107. The van der Waals surface area contributed by atoms with E-state index in [9.17, 15) is 9.59 Å². The molecule has 130 valence electrons. The van der Waals surface area contributed by atoms with Crippen molar-refractivity contribution < 1.29 is 9.59 Å². The van der Waals surface area contributed by atoms with Gasteiger partial charge in [0, 0.05) is 26.1 Å². The van der Waals surface area contributed by atoms with Crippen LogP contribution in [0.4, 0.5) is 0 Å². The van der Waals surface area contributed by atoms with E-state index in [-0.39, 0.29) is 23.9 Å². The van der Waals surface area contributed by atoms with Gasteiger partial charge in [0.05, 0.1) is 12.5 Å². The van der Waals surface area contributed by atoms with E-state index in [0.717, 1.165) is 37.1 Å². The number of hydrogen-bond donors (Lipinski definition) is 2. The minimum atomic E-state index is -0.273. The summed E-state index contributed by atoms with van der Waals surface area (Å²) in [6.07, 6.45) is 2.51. The van der Waals surface area contributed by atoms with Crippen LogP contribution in [0, 0.1) is 18.8 Å². The molecule has 1 heterocycles. The van der Waals surface area contributed by atoms with E-state index in [1.807, 2.05) is 36.1 Å². The average molecular weight is 329 g/mol. The third-order valence-electron chi connectivity index (χ3n) is 5.50. The summed E-state index contributed by atoms with van der Waals surface area (Å²) in [5, 5.41) is 2.92. The van der Waals surface area contributed by atoms with Crippen molar-refractivity contribution >= 4 is 11.8 Å². The van der Waals surface area contributed by atoms with Crippen LogP contribution in [0.1, 0.15) is 43.4 Å². The molecule has 1 aliphatic heterocycles. The zero-order chi connectivity index (χ0) is 17.3. The number of carbonyl (C=O) groups excluding carboxylic acids is 2. The number of rotatable bonds is 4. The van der Waals surface area contributed by atoms with Crippen molar-refractivity contribution in [2.75, 3.05) is 13.1 Å². The van der Waals surface area contributed by atoms with Crippen LogP contribution < -0.4 is 11.1 Å². The Kier molecular flexibility index (Phi) is 4.90. The molecule has 1 saturated carbocycles. The molecule has 5 heteroatoms. The molecule has 2 amide bonds. The van der Waals surface area contributed by atoms with Crippen LogP contribution in [0.5, 0.6) is 0 Å². The molecule has 0 aromatic heterocycles. The number of nitrogens with two attached hydrogens (primary N) is 1. The zero-order valence-electron chi connectivity index (χ0n) is 14.5. The van der Waals surface area contributed by atoms with Crippen molar-refractivity contribution in [3.05, 3.63) is 35.4 Å². The lowest BCUT2D eigenvalue weighted by molar-refractivity contribution is -0.131. The number of carbonyl (C=O) groups is 2. The number of aryl methyl sites for hydroxylation is 1. The molecule has 1 saturated heterocycles. The molecule has 4 atom stereocenters. The van der Waals surface area contributed by atoms with E-state index in [1.165, 1.54) is 6.92 Å². The van der Waals surface area contributed by atoms with Gasteiger partial charge in [0.2, 0.25) is 11.8 Å². The molecular formula is C19H27N3O2. The highest BCUT2D eigenvalue weighted by Crippen LogP contribution is 2.37. The summed E-state index contributed by atoms with van der Waals surface area (Å²) in [7, 11) is 0. The molecule has 24 heavy (non-hydrogen) atoms. The van der Waals surface area contributed by atoms with Crippen molar-refractivity contribution in [3.63, 3.8) is 0 Å². The van der Waals surface area contributed by atoms with Crippen molar-refractivity contribution in [2.45, 2.75) is 45.2 Å². The van der Waals surface area contributed by atoms with Gasteiger partial charge in [-0.05, 0) is 37.2 Å². The highest BCUT2D eigenvalue weighted by Gasteiger charge is 2.42. The van der Waals surface area contributed by atoms with Crippen molar-refractivity contribution in [2.24, 2.45) is 17.6 Å². The Bertz CT molecular complexity index is 614. The number of fused-ring (bicyclic) bond motifs is 1. The molecule has 5 nitrogen and oxygen atoms in total. The van der Waals surface area contributed by atoms with E-state index in [4.69, 9.17) is 5.73 Å². The molecule has 2 aliphatic rings. The second-order valence-corrected chi connectivity index (χ2v) is 7.33. The van der Waals surface area contributed by atoms with Crippen molar-refractivity contribution in [1.82, 2.24) is 10.2 Å². The molecule has 0 spiro atoms. The first-order valence-electron chi connectivity index (χ1n) is 8.81. The predicted molar refractivity (Wildman–Crippen MR) is 93.1 cm³/mol. The summed E-state index contributed by atoms with van der Waals surface area (Å²) in [5.41, 5.74) is 8.29. The molecule has 1 aromatic rings. The summed E-state index contributed by atoms with van der Waals surface area (Å²) < 4.78 is 0. The maximum absolute atomic E-state index is 12.7. The topological polar surface area (TPSA) is 75.4 Å². The second kappa shape index (κ2) is 6.93. The SMILES string of the molecule is CC(=O)NC(CC(=O)N1CC2CCC(N)C2C1)c1ccc(C)cc1. The summed E-state index contributed by atoms with van der Waals surface area (Å²) in [6.45, 7) is 5.10. The summed E-state index contributed by atoms with van der Waals surface area (Å²) >= 11 is 0. The molecule has 3 N–H and O–H groups in total. The summed E-state index contributed by atoms with van der Waals surface area (Å²) in [4.78, 5) is 26.2. The van der Waals surface area contributed by atoms with Crippen LogP contribution >= 0.6 is 0 Å². The number of benzene rings is 1. The molecule has 4 unspecified atom stereocenters. The molecule has 0 bridgehead atoms. The van der Waals surface area contributed by atoms with Gasteiger partial charge in [0.15, 0.2) is 0 Å². The molecular weight excluding hydrogens is 302 g/mol. The van der Waals surface area contributed by atoms with Crippen LogP contribution in [0.25, 0.3) is 0 Å². The van der Waals surface area contributed by atoms with Crippen molar-refractivity contribution in [1.29, 1.82) is 0 Å². The lowest BCUT2D eigenvalue weighted by Gasteiger charge is -2.23. The normalized spacial score (nSPS) is 27.0. The van der Waals surface area contributed by atoms with Gasteiger partial charge in [-0.1, -0.05) is 29.8 Å². The molecule has 1 aromatic carbocycles. The maximum Gasteiger partial charge on any atom is 0.225 e. The van der Waals surface area contributed by atoms with Gasteiger partial charge >= 0.3 is 0 Å². The fourth-order valence-electron chi connectivity index (χ4n) is 4.11. The van der Waals surface area contributed by atoms with Gasteiger partial charge in [0.25, 0.3) is 0 Å². The molecule has 2 fully saturated rings. The van der Waals surface area contributed by atoms with Gasteiger partial charge in [-0.3, -0.25) is 9.59 Å². The van der Waals surface area contributed by atoms with E-state index in [0.29, 0.717) is 18.3 Å². The predicted octanol–water partition coefficient (Wildman–Crippen LogP) is 1.76. The van der Waals surface area contributed by atoms with Crippen LogP contribution in [0.2, 0.25) is 0 Å². The number of nitrogens with zero attached hydrogens (tertiary/aromatic N) is 1. The second-order valence-electron chi connectivity index (χ2n) is 7.33. The van der Waals surface area contributed by atoms with Crippen LogP contribution in [0.3, 0.4) is 0 Å². The number of amides is 2. The smallest absolute Gasteiger partial charge is 0.225 e. The minimum Gasteiger partial charge on any atom is -0.349 e. The van der Waals surface area contributed by atoms with Gasteiger partial charge < -0.3 is 16.0 Å². The standard InChI is InChI=1S/C19H27N3O2/c1-12-3-5-14(6-4-12)18(21-13(2)23)9-19(24)22-10-15-7-8-17(20)16(15)11-22/h3-6,15-18H,7-11,20H2,1-2H3,(H,21,23). The Labute approximate surface area is 143 Å². The number of nitrogens with one attached hydrogen (secondary N) is 1. The Morgan fingerprint density at radius 1 is 1.25 bits per heavy atom. The first-order chi connectivity index (χ1) is 11.4. The van der Waals surface area contributed by atoms with Crippen LogP contribution in [-0.2, 0) is 9.59 Å². The Balaban J connectivity index is 1.67. The maximum atomic E-state index is 12.7. The fraction of sp³-hybridized carbons (Fsp3) is 0.579. The Morgan fingerprint density at radius 3 is 2.58 bits per heavy atom. The van der Waals surface area contributed by atoms with Crippen molar-refractivity contribution in [3.8, 4) is 0 Å². The monoisotopic (exact) mass is 329 g/mol. The van der Waals surface area contributed by atoms with Gasteiger partial charge in [-0.15, -0.1) is 0 Å². The van der Waals surface area contributed by atoms with Gasteiger partial charge in [0.1, 0.15) is 0 Å². The third kappa shape index (κ3) is 3.61. The third-order valence-corrected chi connectivity index (χ3v) is 5.50. The first-order valence-corrected chi connectivity index (χ1v) is 8.81. The number of hydrogen-bond acceptors (Lipinski definition) is 3. The Morgan fingerprint density at radius 2 is 1.96 bits per heavy atom. The zero-order valence-corrected chi connectivity index (χ0v) is 14.5. The highest BCUT2D eigenvalue weighted by atomic mass is 16.2. The largest absolute Gasteiger partial charge is 0.349 e. The molecule has 1 aliphatic carbocycles. The van der Waals surface area contributed by atoms with Gasteiger partial charge in [-0.25, -0.2) is 0 Å². The molecule has 0 radical (unpaired) electrons. The quantitative estimate of drug-likeness (QED) is 0.884. The van der Waals surface area contributed by atoms with E-state index in [1.54, 1.807) is 0 Å². The van der Waals surface area contributed by atoms with E-state index in [2.05, 4.69) is 5.32 Å². The highest BCUT2D eigenvalue weighted by molar-refractivity contribution is 5.79. The lowest BCUT2D eigenvalue weighted by Crippen LogP contribution is -2.36. The lowest BCUT2D eigenvalue weighted by atomic mass is 9.98. The average Bonchev–Trinajstić information content (AvgIpc) is 3.09. The number of likely N-dealkylation sites (tertiary alicyclic amines) is 1. The van der Waals surface area contributed by atoms with E-state index < -0.39 is 0 Å². The first kappa shape index (κ1) is 17.0. The fourth-order valence-corrected chi connectivity index (χ4v) is 4.11. The summed E-state index contributed by atoms with van der Waals surface area (Å²) in [6, 6.07) is 7.94. The van der Waals surface area contributed by atoms with Crippen LogP contribution in [-0.4, -0.2) is 35.8 Å². The van der Waals surface area contributed by atoms with Gasteiger partial charge in [-0.2, -0.15) is 0 Å².